The van der Waals surface area contributed by atoms with Crippen LogP contribution in [0.4, 0.5) is 0 Å². The Morgan fingerprint density at radius 3 is 2.00 bits per heavy atom. The van der Waals surface area contributed by atoms with Crippen LogP contribution in [0, 0.1) is 5.92 Å². The Morgan fingerprint density at radius 1 is 1.17 bits per heavy atom. The first-order chi connectivity index (χ1) is 5.31. The molecule has 0 spiro atoms. The van der Waals surface area contributed by atoms with Crippen LogP contribution in [-0.2, 0) is 0 Å². The van der Waals surface area contributed by atoms with Gasteiger partial charge in [-0.05, 0) is 13.0 Å². The van der Waals surface area contributed by atoms with Gasteiger partial charge >= 0.3 is 0 Å². The highest BCUT2D eigenvalue weighted by Crippen LogP contribution is 1.97. The van der Waals surface area contributed by atoms with Gasteiger partial charge in [-0.25, -0.2) is 0 Å². The SMILES string of the molecule is CC(C)CN(C)CC[N+](C)(C)C. The van der Waals surface area contributed by atoms with E-state index in [2.05, 4.69) is 46.9 Å². The summed E-state index contributed by atoms with van der Waals surface area (Å²) in [6.07, 6.45) is 0. The summed E-state index contributed by atoms with van der Waals surface area (Å²) in [6, 6.07) is 0. The summed E-state index contributed by atoms with van der Waals surface area (Å²) in [6.45, 7) is 8.16. The average molecular weight is 173 g/mol. The van der Waals surface area contributed by atoms with Gasteiger partial charge in [0.15, 0.2) is 0 Å². The predicted octanol–water partition coefficient (Wildman–Crippen LogP) is 1.28. The molecule has 0 radical (unpaired) electrons. The number of rotatable bonds is 5. The van der Waals surface area contributed by atoms with Crippen LogP contribution in [0.5, 0.6) is 0 Å². The summed E-state index contributed by atoms with van der Waals surface area (Å²) in [4.78, 5) is 2.41. The summed E-state index contributed by atoms with van der Waals surface area (Å²) in [5.41, 5.74) is 0. The van der Waals surface area contributed by atoms with Crippen molar-refractivity contribution in [2.75, 3.05) is 47.8 Å². The van der Waals surface area contributed by atoms with Crippen molar-refractivity contribution in [1.82, 2.24) is 4.90 Å². The molecule has 0 aromatic rings. The summed E-state index contributed by atoms with van der Waals surface area (Å²) in [7, 11) is 8.92. The Morgan fingerprint density at radius 2 is 1.67 bits per heavy atom. The summed E-state index contributed by atoms with van der Waals surface area (Å²) >= 11 is 0. The molecule has 0 aromatic carbocycles. The largest absolute Gasteiger partial charge is 0.330 e. The van der Waals surface area contributed by atoms with Crippen molar-refractivity contribution in [3.05, 3.63) is 0 Å². The second-order valence-corrected chi connectivity index (χ2v) is 5.17. The van der Waals surface area contributed by atoms with Crippen LogP contribution in [-0.4, -0.2) is 57.2 Å². The van der Waals surface area contributed by atoms with E-state index in [1.54, 1.807) is 0 Å². The van der Waals surface area contributed by atoms with Gasteiger partial charge in [-0.2, -0.15) is 0 Å². The second kappa shape index (κ2) is 4.83. The third kappa shape index (κ3) is 8.02. The maximum Gasteiger partial charge on any atom is 0.0909 e. The first-order valence-electron chi connectivity index (χ1n) is 4.80. The van der Waals surface area contributed by atoms with Crippen molar-refractivity contribution in [2.24, 2.45) is 5.92 Å². The zero-order valence-electron chi connectivity index (χ0n) is 9.59. The van der Waals surface area contributed by atoms with Crippen LogP contribution in [0.2, 0.25) is 0 Å². The van der Waals surface area contributed by atoms with Crippen molar-refractivity contribution in [3.63, 3.8) is 0 Å². The average Bonchev–Trinajstić information content (AvgIpc) is 1.80. The molecule has 0 saturated carbocycles. The fourth-order valence-corrected chi connectivity index (χ4v) is 1.19. The van der Waals surface area contributed by atoms with E-state index in [1.807, 2.05) is 0 Å². The highest BCUT2D eigenvalue weighted by molar-refractivity contribution is 4.53. The fourth-order valence-electron chi connectivity index (χ4n) is 1.19. The Balaban J connectivity index is 3.51. The van der Waals surface area contributed by atoms with Crippen LogP contribution in [0.25, 0.3) is 0 Å². The van der Waals surface area contributed by atoms with Crippen LogP contribution in [0.15, 0.2) is 0 Å². The third-order valence-corrected chi connectivity index (χ3v) is 1.83. The van der Waals surface area contributed by atoms with Crippen LogP contribution >= 0.6 is 0 Å². The zero-order chi connectivity index (χ0) is 9.78. The molecule has 0 N–H and O–H groups in total. The van der Waals surface area contributed by atoms with Crippen molar-refractivity contribution >= 4 is 0 Å². The molecule has 0 unspecified atom stereocenters. The topological polar surface area (TPSA) is 3.24 Å². The molecule has 2 heteroatoms. The quantitative estimate of drug-likeness (QED) is 0.566. The molecule has 0 amide bonds. The zero-order valence-corrected chi connectivity index (χ0v) is 9.59. The van der Waals surface area contributed by atoms with Gasteiger partial charge in [-0.15, -0.1) is 0 Å². The first-order valence-corrected chi connectivity index (χ1v) is 4.80. The monoisotopic (exact) mass is 173 g/mol. The number of nitrogens with zero attached hydrogens (tertiary/aromatic N) is 2. The Bertz CT molecular complexity index is 113. The molecular formula is C10H25N2+. The maximum atomic E-state index is 2.41. The van der Waals surface area contributed by atoms with Gasteiger partial charge in [0.2, 0.25) is 0 Å². The lowest BCUT2D eigenvalue weighted by Crippen LogP contribution is -2.41. The van der Waals surface area contributed by atoms with Crippen LogP contribution in [0.3, 0.4) is 0 Å². The second-order valence-electron chi connectivity index (χ2n) is 5.17. The Hall–Kier alpha value is -0.0800. The molecule has 0 atom stereocenters. The van der Waals surface area contributed by atoms with Crippen LogP contribution in [0.1, 0.15) is 13.8 Å². The standard InChI is InChI=1S/C10H25N2/c1-10(2)9-11(3)7-8-12(4,5)6/h10H,7-9H2,1-6H3/q+1. The number of hydrogen-bond donors (Lipinski definition) is 0. The van der Waals surface area contributed by atoms with Gasteiger partial charge in [0.25, 0.3) is 0 Å². The lowest BCUT2D eigenvalue weighted by atomic mass is 10.2. The minimum absolute atomic E-state index is 0.780. The molecule has 0 bridgehead atoms. The van der Waals surface area contributed by atoms with E-state index >= 15 is 0 Å². The molecular weight excluding hydrogens is 148 g/mol. The van der Waals surface area contributed by atoms with Gasteiger partial charge in [0.05, 0.1) is 27.7 Å². The van der Waals surface area contributed by atoms with Gasteiger partial charge in [0.1, 0.15) is 0 Å². The molecule has 0 aromatic heterocycles. The van der Waals surface area contributed by atoms with E-state index < -0.39 is 0 Å². The Kier molecular flexibility index (Phi) is 4.80. The van der Waals surface area contributed by atoms with Gasteiger partial charge < -0.3 is 9.38 Å². The third-order valence-electron chi connectivity index (χ3n) is 1.83. The summed E-state index contributed by atoms with van der Waals surface area (Å²) < 4.78 is 1.06. The molecule has 0 saturated heterocycles. The molecule has 0 heterocycles. The Labute approximate surface area is 77.8 Å². The summed E-state index contributed by atoms with van der Waals surface area (Å²) in [5.74, 6) is 0.780. The molecule has 2 nitrogen and oxygen atoms in total. The molecule has 0 fully saturated rings. The van der Waals surface area contributed by atoms with Gasteiger partial charge in [-0.1, -0.05) is 13.8 Å². The number of quaternary nitrogens is 1. The highest BCUT2D eigenvalue weighted by Gasteiger charge is 2.09. The van der Waals surface area contributed by atoms with E-state index in [-0.39, 0.29) is 0 Å². The molecule has 0 aliphatic heterocycles. The molecule has 74 valence electrons. The van der Waals surface area contributed by atoms with Gasteiger partial charge in [0, 0.05) is 13.1 Å². The minimum atomic E-state index is 0.780. The van der Waals surface area contributed by atoms with E-state index in [4.69, 9.17) is 0 Å². The van der Waals surface area contributed by atoms with Crippen molar-refractivity contribution in [1.29, 1.82) is 0 Å². The van der Waals surface area contributed by atoms with E-state index in [0.29, 0.717) is 0 Å². The van der Waals surface area contributed by atoms with Gasteiger partial charge in [-0.3, -0.25) is 0 Å². The molecule has 0 aliphatic rings. The normalized spacial score (nSPS) is 13.0. The van der Waals surface area contributed by atoms with E-state index in [9.17, 15) is 0 Å². The van der Waals surface area contributed by atoms with Crippen molar-refractivity contribution in [2.45, 2.75) is 13.8 Å². The van der Waals surface area contributed by atoms with E-state index in [1.165, 1.54) is 19.6 Å². The number of hydrogen-bond acceptors (Lipinski definition) is 1. The first kappa shape index (κ1) is 11.9. The lowest BCUT2D eigenvalue weighted by molar-refractivity contribution is -0.869. The maximum absolute atomic E-state index is 2.41. The molecule has 0 aliphatic carbocycles. The number of likely N-dealkylation sites (N-methyl/N-ethyl adjacent to an activating group) is 2. The molecule has 12 heavy (non-hydrogen) atoms. The van der Waals surface area contributed by atoms with E-state index in [0.717, 1.165) is 10.4 Å². The summed E-state index contributed by atoms with van der Waals surface area (Å²) in [5, 5.41) is 0. The lowest BCUT2D eigenvalue weighted by Gasteiger charge is -2.27. The fraction of sp³-hybridized carbons (Fsp3) is 1.00. The van der Waals surface area contributed by atoms with Crippen molar-refractivity contribution < 1.29 is 4.48 Å². The predicted molar refractivity (Wildman–Crippen MR) is 55.2 cm³/mol. The van der Waals surface area contributed by atoms with Crippen molar-refractivity contribution in [3.8, 4) is 0 Å². The highest BCUT2D eigenvalue weighted by atomic mass is 15.3. The smallest absolute Gasteiger partial charge is 0.0909 e. The minimum Gasteiger partial charge on any atom is -0.330 e. The molecule has 0 rings (SSSR count). The van der Waals surface area contributed by atoms with Crippen LogP contribution < -0.4 is 0 Å².